The molecule has 94 valence electrons. The molecule has 7 heteroatoms. The van der Waals surface area contributed by atoms with Crippen molar-refractivity contribution in [3.05, 3.63) is 28.2 Å². The van der Waals surface area contributed by atoms with Crippen LogP contribution >= 0.6 is 15.9 Å². The third-order valence-corrected chi connectivity index (χ3v) is 2.51. The Morgan fingerprint density at radius 2 is 2.29 bits per heavy atom. The fraction of sp³-hybridized carbons (Fsp3) is 0.400. The van der Waals surface area contributed by atoms with E-state index in [1.54, 1.807) is 0 Å². The molecule has 0 spiro atoms. The van der Waals surface area contributed by atoms with E-state index in [4.69, 9.17) is 0 Å². The summed E-state index contributed by atoms with van der Waals surface area (Å²) < 4.78 is 13.8. The summed E-state index contributed by atoms with van der Waals surface area (Å²) in [6.45, 7) is 1.11. The van der Waals surface area contributed by atoms with E-state index in [2.05, 4.69) is 26.2 Å². The molecule has 0 bridgehead atoms. The summed E-state index contributed by atoms with van der Waals surface area (Å²) in [7, 11) is 0. The van der Waals surface area contributed by atoms with Crippen LogP contribution in [0.1, 0.15) is 18.6 Å². The van der Waals surface area contributed by atoms with E-state index in [-0.39, 0.29) is 18.0 Å². The summed E-state index contributed by atoms with van der Waals surface area (Å²) in [5.41, 5.74) is -0.128. The van der Waals surface area contributed by atoms with Gasteiger partial charge in [0, 0.05) is 29.7 Å². The van der Waals surface area contributed by atoms with Crippen molar-refractivity contribution in [3.63, 3.8) is 0 Å². The Kier molecular flexibility index (Phi) is 4.98. The van der Waals surface area contributed by atoms with E-state index >= 15 is 0 Å². The zero-order valence-electron chi connectivity index (χ0n) is 9.02. The van der Waals surface area contributed by atoms with Crippen LogP contribution in [0.5, 0.6) is 0 Å². The Bertz CT molecular complexity index is 417. The lowest BCUT2D eigenvalue weighted by molar-refractivity contribution is -0.119. The number of amides is 1. The SMILES string of the molecule is CC(=O)NCC(O)C(O)c1cc(Br)cnc1F. The lowest BCUT2D eigenvalue weighted by atomic mass is 10.1. The lowest BCUT2D eigenvalue weighted by Crippen LogP contribution is -2.34. The van der Waals surface area contributed by atoms with Gasteiger partial charge in [0.2, 0.25) is 11.9 Å². The number of hydrogen-bond donors (Lipinski definition) is 3. The molecule has 0 radical (unpaired) electrons. The minimum atomic E-state index is -1.45. The molecule has 1 aromatic rings. The average molecular weight is 307 g/mol. The number of nitrogens with zero attached hydrogens (tertiary/aromatic N) is 1. The van der Waals surface area contributed by atoms with Gasteiger partial charge in [0.05, 0.1) is 0 Å². The predicted octanol–water partition coefficient (Wildman–Crippen LogP) is 0.514. The molecular formula is C10H12BrFN2O3. The topological polar surface area (TPSA) is 82.5 Å². The maximum atomic E-state index is 13.3. The van der Waals surface area contributed by atoms with Gasteiger partial charge in [-0.25, -0.2) is 4.98 Å². The van der Waals surface area contributed by atoms with Crippen LogP contribution in [0, 0.1) is 5.95 Å². The van der Waals surface area contributed by atoms with Crippen LogP contribution < -0.4 is 5.32 Å². The van der Waals surface area contributed by atoms with Crippen molar-refractivity contribution in [2.75, 3.05) is 6.54 Å². The van der Waals surface area contributed by atoms with Crippen LogP contribution in [0.2, 0.25) is 0 Å². The van der Waals surface area contributed by atoms with Crippen molar-refractivity contribution in [1.29, 1.82) is 0 Å². The molecule has 0 saturated carbocycles. The van der Waals surface area contributed by atoms with Gasteiger partial charge in [0.25, 0.3) is 0 Å². The van der Waals surface area contributed by atoms with Gasteiger partial charge in [-0.2, -0.15) is 4.39 Å². The standard InChI is InChI=1S/C10H12BrFN2O3/c1-5(15)13-4-8(16)9(17)7-2-6(11)3-14-10(7)12/h2-3,8-9,16-17H,4H2,1H3,(H,13,15). The first-order valence-corrected chi connectivity index (χ1v) is 5.62. The monoisotopic (exact) mass is 306 g/mol. The molecule has 1 rings (SSSR count). The normalized spacial score (nSPS) is 14.2. The molecule has 1 aromatic heterocycles. The number of rotatable bonds is 4. The molecule has 0 saturated heterocycles. The highest BCUT2D eigenvalue weighted by Crippen LogP contribution is 2.22. The third-order valence-electron chi connectivity index (χ3n) is 2.08. The number of hydrogen-bond acceptors (Lipinski definition) is 4. The Morgan fingerprint density at radius 1 is 1.65 bits per heavy atom. The molecule has 0 fully saturated rings. The van der Waals surface area contributed by atoms with Gasteiger partial charge < -0.3 is 15.5 Å². The lowest BCUT2D eigenvalue weighted by Gasteiger charge is -2.18. The van der Waals surface area contributed by atoms with Crippen molar-refractivity contribution >= 4 is 21.8 Å². The second kappa shape index (κ2) is 6.04. The van der Waals surface area contributed by atoms with Gasteiger partial charge in [-0.1, -0.05) is 0 Å². The molecule has 0 aliphatic heterocycles. The number of pyridine rings is 1. The van der Waals surface area contributed by atoms with Crippen molar-refractivity contribution in [2.45, 2.75) is 19.1 Å². The van der Waals surface area contributed by atoms with Crippen molar-refractivity contribution in [2.24, 2.45) is 0 Å². The molecule has 0 aromatic carbocycles. The van der Waals surface area contributed by atoms with Crippen LogP contribution in [0.15, 0.2) is 16.7 Å². The second-order valence-corrected chi connectivity index (χ2v) is 4.40. The second-order valence-electron chi connectivity index (χ2n) is 3.48. The minimum absolute atomic E-state index is 0.128. The fourth-order valence-electron chi connectivity index (χ4n) is 1.21. The first-order valence-electron chi connectivity index (χ1n) is 4.83. The maximum Gasteiger partial charge on any atom is 0.218 e. The maximum absolute atomic E-state index is 13.3. The number of aliphatic hydroxyl groups is 2. The van der Waals surface area contributed by atoms with Gasteiger partial charge in [0.1, 0.15) is 12.2 Å². The summed E-state index contributed by atoms with van der Waals surface area (Å²) in [6.07, 6.45) is -1.51. The smallest absolute Gasteiger partial charge is 0.218 e. The predicted molar refractivity (Wildman–Crippen MR) is 61.5 cm³/mol. The highest BCUT2D eigenvalue weighted by molar-refractivity contribution is 9.10. The largest absolute Gasteiger partial charge is 0.388 e. The van der Waals surface area contributed by atoms with Gasteiger partial charge in [-0.05, 0) is 22.0 Å². The Morgan fingerprint density at radius 3 is 2.88 bits per heavy atom. The number of nitrogens with one attached hydrogen (secondary N) is 1. The molecule has 3 N–H and O–H groups in total. The number of aliphatic hydroxyl groups excluding tert-OH is 2. The molecule has 2 atom stereocenters. The van der Waals surface area contributed by atoms with E-state index in [1.807, 2.05) is 0 Å². The van der Waals surface area contributed by atoms with Crippen LogP contribution in [0.25, 0.3) is 0 Å². The van der Waals surface area contributed by atoms with Crippen molar-refractivity contribution in [1.82, 2.24) is 10.3 Å². The quantitative estimate of drug-likeness (QED) is 0.708. The summed E-state index contributed by atoms with van der Waals surface area (Å²) in [5, 5.41) is 21.6. The van der Waals surface area contributed by atoms with Crippen molar-refractivity contribution in [3.8, 4) is 0 Å². The molecule has 1 heterocycles. The molecule has 0 aliphatic carbocycles. The number of carbonyl (C=O) groups excluding carboxylic acids is 1. The van der Waals surface area contributed by atoms with Crippen LogP contribution in [-0.4, -0.2) is 33.8 Å². The van der Waals surface area contributed by atoms with E-state index in [0.717, 1.165) is 0 Å². The first-order chi connectivity index (χ1) is 7.91. The van der Waals surface area contributed by atoms with E-state index in [9.17, 15) is 19.4 Å². The summed E-state index contributed by atoms with van der Waals surface area (Å²) in [4.78, 5) is 14.0. The van der Waals surface area contributed by atoms with E-state index in [0.29, 0.717) is 4.47 Å². The number of halogens is 2. The minimum Gasteiger partial charge on any atom is -0.388 e. The number of carbonyl (C=O) groups is 1. The molecule has 5 nitrogen and oxygen atoms in total. The zero-order chi connectivity index (χ0) is 13.0. The first kappa shape index (κ1) is 14.0. The molecule has 0 aliphatic rings. The van der Waals surface area contributed by atoms with Crippen molar-refractivity contribution < 1.29 is 19.4 Å². The highest BCUT2D eigenvalue weighted by Gasteiger charge is 2.22. The summed E-state index contributed by atoms with van der Waals surface area (Å²) >= 11 is 3.08. The van der Waals surface area contributed by atoms with E-state index in [1.165, 1.54) is 19.2 Å². The average Bonchev–Trinajstić information content (AvgIpc) is 2.28. The van der Waals surface area contributed by atoms with E-state index < -0.39 is 18.2 Å². The van der Waals surface area contributed by atoms with Gasteiger partial charge >= 0.3 is 0 Å². The molecule has 17 heavy (non-hydrogen) atoms. The fourth-order valence-corrected chi connectivity index (χ4v) is 1.56. The van der Waals surface area contributed by atoms with Gasteiger partial charge in [0.15, 0.2) is 0 Å². The Labute approximate surface area is 106 Å². The zero-order valence-corrected chi connectivity index (χ0v) is 10.6. The van der Waals surface area contributed by atoms with Crippen LogP contribution in [0.4, 0.5) is 4.39 Å². The van der Waals surface area contributed by atoms with Gasteiger partial charge in [-0.15, -0.1) is 0 Å². The molecule has 2 unspecified atom stereocenters. The summed E-state index contributed by atoms with van der Waals surface area (Å²) in [6, 6.07) is 1.32. The van der Waals surface area contributed by atoms with Crippen LogP contribution in [-0.2, 0) is 4.79 Å². The number of aromatic nitrogens is 1. The Balaban J connectivity index is 2.77. The summed E-state index contributed by atoms with van der Waals surface area (Å²) in [5.74, 6) is -1.20. The molecular weight excluding hydrogens is 295 g/mol. The molecule has 1 amide bonds. The highest BCUT2D eigenvalue weighted by atomic mass is 79.9. The van der Waals surface area contributed by atoms with Crippen LogP contribution in [0.3, 0.4) is 0 Å². The third kappa shape index (κ3) is 4.03. The van der Waals surface area contributed by atoms with Gasteiger partial charge in [-0.3, -0.25) is 4.79 Å². The Hall–Kier alpha value is -1.05.